The van der Waals surface area contributed by atoms with Crippen molar-refractivity contribution >= 4 is 15.9 Å². The van der Waals surface area contributed by atoms with Gasteiger partial charge in [0.2, 0.25) is 0 Å². The number of hydrogen-bond donors (Lipinski definition) is 1. The number of ether oxygens (including phenoxy) is 1. The fourth-order valence-electron chi connectivity index (χ4n) is 4.27. The molecule has 1 aromatic rings. The van der Waals surface area contributed by atoms with Crippen molar-refractivity contribution < 1.29 is 4.74 Å². The van der Waals surface area contributed by atoms with Gasteiger partial charge in [-0.15, -0.1) is 0 Å². The number of piperidine rings is 1. The Morgan fingerprint density at radius 1 is 1.30 bits per heavy atom. The minimum Gasteiger partial charge on any atom is -0.487 e. The Hall–Kier alpha value is -0.580. The minimum atomic E-state index is -0.0291. The first kappa shape index (κ1) is 13.1. The topological polar surface area (TPSA) is 38.5 Å². The highest BCUT2D eigenvalue weighted by atomic mass is 79.9. The van der Waals surface area contributed by atoms with E-state index in [9.17, 15) is 0 Å². The minimum absolute atomic E-state index is 0.0291. The van der Waals surface area contributed by atoms with Gasteiger partial charge in [0, 0.05) is 41.5 Å². The van der Waals surface area contributed by atoms with Gasteiger partial charge in [-0.1, -0.05) is 22.0 Å². The van der Waals surface area contributed by atoms with E-state index in [4.69, 9.17) is 10.5 Å². The summed E-state index contributed by atoms with van der Waals surface area (Å²) in [6.45, 7) is 2.44. The van der Waals surface area contributed by atoms with Crippen LogP contribution in [-0.2, 0) is 0 Å². The lowest BCUT2D eigenvalue weighted by atomic mass is 9.78. The quantitative estimate of drug-likeness (QED) is 0.790. The van der Waals surface area contributed by atoms with Crippen LogP contribution in [0.3, 0.4) is 0 Å². The van der Waals surface area contributed by atoms with Crippen molar-refractivity contribution in [3.63, 3.8) is 0 Å². The Morgan fingerprint density at radius 3 is 3.10 bits per heavy atom. The Bertz CT molecular complexity index is 535. The fourth-order valence-corrected chi connectivity index (χ4v) is 4.61. The molecule has 4 heteroatoms. The molecule has 3 unspecified atom stereocenters. The third kappa shape index (κ3) is 2.09. The highest BCUT2D eigenvalue weighted by Gasteiger charge is 2.46. The second-order valence-electron chi connectivity index (χ2n) is 6.56. The van der Waals surface area contributed by atoms with E-state index in [-0.39, 0.29) is 11.6 Å². The van der Waals surface area contributed by atoms with Crippen LogP contribution in [0.25, 0.3) is 0 Å². The van der Waals surface area contributed by atoms with E-state index in [1.807, 2.05) is 0 Å². The molecule has 20 heavy (non-hydrogen) atoms. The largest absolute Gasteiger partial charge is 0.487 e. The second kappa shape index (κ2) is 4.72. The second-order valence-corrected chi connectivity index (χ2v) is 7.48. The van der Waals surface area contributed by atoms with E-state index in [0.717, 1.165) is 35.0 Å². The van der Waals surface area contributed by atoms with Gasteiger partial charge in [0.05, 0.1) is 0 Å². The molecule has 1 aromatic carbocycles. The monoisotopic (exact) mass is 336 g/mol. The lowest BCUT2D eigenvalue weighted by molar-refractivity contribution is -0.0358. The number of nitrogens with zero attached hydrogens (tertiary/aromatic N) is 1. The van der Waals surface area contributed by atoms with Gasteiger partial charge >= 0.3 is 0 Å². The summed E-state index contributed by atoms with van der Waals surface area (Å²) in [7, 11) is 0. The molecule has 0 aliphatic carbocycles. The van der Waals surface area contributed by atoms with Gasteiger partial charge < -0.3 is 15.4 Å². The molecule has 2 saturated heterocycles. The molecule has 3 heterocycles. The van der Waals surface area contributed by atoms with Gasteiger partial charge in [0.1, 0.15) is 11.4 Å². The number of hydrogen-bond acceptors (Lipinski definition) is 3. The van der Waals surface area contributed by atoms with Crippen LogP contribution in [0.1, 0.15) is 43.7 Å². The molecular formula is C16H21BrN2O. The zero-order valence-electron chi connectivity index (χ0n) is 11.6. The van der Waals surface area contributed by atoms with Crippen LogP contribution in [0.4, 0.5) is 0 Å². The summed E-state index contributed by atoms with van der Waals surface area (Å²) >= 11 is 3.54. The van der Waals surface area contributed by atoms with Gasteiger partial charge in [-0.25, -0.2) is 0 Å². The van der Waals surface area contributed by atoms with Gasteiger partial charge in [-0.05, 0) is 37.9 Å². The van der Waals surface area contributed by atoms with Crippen LogP contribution >= 0.6 is 15.9 Å². The maximum absolute atomic E-state index is 6.48. The van der Waals surface area contributed by atoms with Crippen LogP contribution in [0, 0.1) is 0 Å². The zero-order valence-corrected chi connectivity index (χ0v) is 13.2. The summed E-state index contributed by atoms with van der Waals surface area (Å²) < 4.78 is 7.55. The van der Waals surface area contributed by atoms with Crippen molar-refractivity contribution in [1.82, 2.24) is 4.90 Å². The molecule has 0 bridgehead atoms. The molecule has 3 aliphatic rings. The van der Waals surface area contributed by atoms with E-state index in [0.29, 0.717) is 6.04 Å². The summed E-state index contributed by atoms with van der Waals surface area (Å²) in [6, 6.07) is 7.06. The number of nitrogens with two attached hydrogens (primary N) is 1. The van der Waals surface area contributed by atoms with Crippen molar-refractivity contribution in [2.75, 3.05) is 13.1 Å². The molecular weight excluding hydrogens is 316 g/mol. The van der Waals surface area contributed by atoms with Crippen molar-refractivity contribution in [3.05, 3.63) is 28.2 Å². The standard InChI is InChI=1S/C16H21BrN2O/c17-11-3-4-13-14(18)10-16(20-15(13)8-11)5-7-19-6-1-2-12(19)9-16/h3-4,8,12,14H,1-2,5-7,9-10,18H2. The third-order valence-corrected chi connectivity index (χ3v) is 5.75. The van der Waals surface area contributed by atoms with E-state index in [1.165, 1.54) is 25.9 Å². The first-order valence-corrected chi connectivity index (χ1v) is 8.43. The molecule has 2 N–H and O–H groups in total. The van der Waals surface area contributed by atoms with Crippen LogP contribution in [-0.4, -0.2) is 29.6 Å². The Balaban J connectivity index is 1.64. The predicted octanol–water partition coefficient (Wildman–Crippen LogP) is 3.23. The molecule has 3 atom stereocenters. The molecule has 3 nitrogen and oxygen atoms in total. The van der Waals surface area contributed by atoms with E-state index in [2.05, 4.69) is 39.0 Å². The predicted molar refractivity (Wildman–Crippen MR) is 82.9 cm³/mol. The highest BCUT2D eigenvalue weighted by molar-refractivity contribution is 9.10. The molecule has 0 amide bonds. The first-order chi connectivity index (χ1) is 9.65. The van der Waals surface area contributed by atoms with Gasteiger partial charge in [0.25, 0.3) is 0 Å². The lowest BCUT2D eigenvalue weighted by Gasteiger charge is -2.48. The molecule has 4 rings (SSSR count). The number of fused-ring (bicyclic) bond motifs is 2. The van der Waals surface area contributed by atoms with Gasteiger partial charge in [-0.2, -0.15) is 0 Å². The Kier molecular flexibility index (Phi) is 3.09. The average Bonchev–Trinajstić information content (AvgIpc) is 2.85. The maximum Gasteiger partial charge on any atom is 0.126 e. The highest BCUT2D eigenvalue weighted by Crippen LogP contribution is 2.46. The molecule has 0 saturated carbocycles. The number of halogens is 1. The number of benzene rings is 1. The third-order valence-electron chi connectivity index (χ3n) is 5.25. The summed E-state index contributed by atoms with van der Waals surface area (Å²) in [5.41, 5.74) is 7.56. The maximum atomic E-state index is 6.48. The summed E-state index contributed by atoms with van der Waals surface area (Å²) in [6.07, 6.45) is 5.89. The Morgan fingerprint density at radius 2 is 2.20 bits per heavy atom. The van der Waals surface area contributed by atoms with Crippen LogP contribution in [0.5, 0.6) is 5.75 Å². The van der Waals surface area contributed by atoms with Crippen molar-refractivity contribution in [1.29, 1.82) is 0 Å². The summed E-state index contributed by atoms with van der Waals surface area (Å²) in [5.74, 6) is 0.990. The molecule has 1 spiro atoms. The van der Waals surface area contributed by atoms with E-state index in [1.54, 1.807) is 0 Å². The van der Waals surface area contributed by atoms with Gasteiger partial charge in [-0.3, -0.25) is 0 Å². The van der Waals surface area contributed by atoms with E-state index < -0.39 is 0 Å². The molecule has 0 aromatic heterocycles. The summed E-state index contributed by atoms with van der Waals surface area (Å²) in [4.78, 5) is 2.64. The van der Waals surface area contributed by atoms with Crippen molar-refractivity contribution in [2.45, 2.75) is 49.8 Å². The molecule has 0 radical (unpaired) electrons. The summed E-state index contributed by atoms with van der Waals surface area (Å²) in [5, 5.41) is 0. The Labute approximate surface area is 128 Å². The normalized spacial score (nSPS) is 36.5. The van der Waals surface area contributed by atoms with Crippen LogP contribution in [0.2, 0.25) is 0 Å². The average molecular weight is 337 g/mol. The molecule has 3 aliphatic heterocycles. The zero-order chi connectivity index (χ0) is 13.7. The van der Waals surface area contributed by atoms with Crippen molar-refractivity contribution in [3.8, 4) is 5.75 Å². The first-order valence-electron chi connectivity index (χ1n) is 7.63. The fraction of sp³-hybridized carbons (Fsp3) is 0.625. The van der Waals surface area contributed by atoms with Crippen molar-refractivity contribution in [2.24, 2.45) is 5.73 Å². The lowest BCUT2D eigenvalue weighted by Crippen LogP contribution is -2.53. The van der Waals surface area contributed by atoms with Gasteiger partial charge in [0.15, 0.2) is 0 Å². The van der Waals surface area contributed by atoms with Crippen LogP contribution in [0.15, 0.2) is 22.7 Å². The smallest absolute Gasteiger partial charge is 0.126 e. The number of rotatable bonds is 0. The molecule has 108 valence electrons. The van der Waals surface area contributed by atoms with Crippen LogP contribution < -0.4 is 10.5 Å². The molecule has 2 fully saturated rings. The van der Waals surface area contributed by atoms with E-state index >= 15 is 0 Å². The SMILES string of the molecule is NC1CC2(CCN3CCCC3C2)Oc2cc(Br)ccc21.